The summed E-state index contributed by atoms with van der Waals surface area (Å²) in [5, 5.41) is 17.3. The number of benzene rings is 3. The van der Waals surface area contributed by atoms with Crippen LogP contribution < -0.4 is 14.9 Å². The lowest BCUT2D eigenvalue weighted by molar-refractivity contribution is -0.138. The molecule has 194 valence electrons. The van der Waals surface area contributed by atoms with Gasteiger partial charge in [0.25, 0.3) is 0 Å². The van der Waals surface area contributed by atoms with Crippen LogP contribution in [0.3, 0.4) is 0 Å². The molecule has 0 fully saturated rings. The van der Waals surface area contributed by atoms with Crippen LogP contribution in [0.2, 0.25) is 10.0 Å². The number of carboxylic acid groups (broad SMARTS) is 1. The minimum atomic E-state index is -2.84. The van der Waals surface area contributed by atoms with Crippen molar-refractivity contribution in [3.8, 4) is 0 Å². The lowest BCUT2D eigenvalue weighted by Gasteiger charge is -2.32. The van der Waals surface area contributed by atoms with Crippen LogP contribution in [0, 0.1) is 0 Å². The molecule has 1 heterocycles. The van der Waals surface area contributed by atoms with Crippen LogP contribution in [0.15, 0.2) is 65.1 Å². The summed E-state index contributed by atoms with van der Waals surface area (Å²) in [5.74, 6) is -1.27. The number of halogens is 2. The maximum absolute atomic E-state index is 12.1. The van der Waals surface area contributed by atoms with Crippen molar-refractivity contribution >= 4 is 79.8 Å². The zero-order chi connectivity index (χ0) is 26.5. The second-order valence-corrected chi connectivity index (χ2v) is 9.82. The molecule has 3 aromatic carbocycles. The van der Waals surface area contributed by atoms with Crippen molar-refractivity contribution in [2.45, 2.75) is 25.3 Å². The number of urea groups is 1. The van der Waals surface area contributed by atoms with Gasteiger partial charge in [0.2, 0.25) is 0 Å². The number of aliphatic carboxylic acids is 1. The fraction of sp³-hybridized carbons (Fsp3) is 0.200. The minimum Gasteiger partial charge on any atom is -0.755 e. The monoisotopic (exact) mass is 562 g/mol. The van der Waals surface area contributed by atoms with Crippen LogP contribution in [0.4, 0.5) is 16.2 Å². The Kier molecular flexibility index (Phi) is 8.55. The smallest absolute Gasteiger partial charge is 0.327 e. The summed E-state index contributed by atoms with van der Waals surface area (Å²) in [6.45, 7) is 0.257. The van der Waals surface area contributed by atoms with E-state index in [4.69, 9.17) is 27.6 Å². The number of nitrogens with zero attached hydrogens (tertiary/aromatic N) is 1. The summed E-state index contributed by atoms with van der Waals surface area (Å²) in [6.07, 6.45) is 0.835. The Balaban J connectivity index is 1.38. The van der Waals surface area contributed by atoms with Crippen LogP contribution in [-0.2, 0) is 16.1 Å². The summed E-state index contributed by atoms with van der Waals surface area (Å²) >= 11 is 8.96. The van der Waals surface area contributed by atoms with E-state index < -0.39 is 29.3 Å². The molecule has 0 radical (unpaired) electrons. The van der Waals surface area contributed by atoms with Gasteiger partial charge in [-0.2, -0.15) is 0 Å². The number of furan rings is 1. The molecule has 4 rings (SSSR count). The maximum Gasteiger partial charge on any atom is 0.327 e. The molecule has 9 nitrogen and oxygen atoms in total. The van der Waals surface area contributed by atoms with E-state index in [9.17, 15) is 23.5 Å². The molecule has 1 aromatic heterocycles. The largest absolute Gasteiger partial charge is 0.755 e. The van der Waals surface area contributed by atoms with Crippen LogP contribution in [-0.4, -0.2) is 38.5 Å². The van der Waals surface area contributed by atoms with Crippen molar-refractivity contribution in [2.24, 2.45) is 0 Å². The molecule has 12 heteroatoms. The minimum absolute atomic E-state index is 0.0452. The highest BCUT2D eigenvalue weighted by Gasteiger charge is 2.27. The van der Waals surface area contributed by atoms with E-state index in [-0.39, 0.29) is 18.7 Å². The highest BCUT2D eigenvalue weighted by Crippen LogP contribution is 2.33. The fourth-order valence-corrected chi connectivity index (χ4v) is 4.96. The third-order valence-corrected chi connectivity index (χ3v) is 7.24. The lowest BCUT2D eigenvalue weighted by Crippen LogP contribution is -2.42. The number of hydrogen-bond donors (Lipinski definition) is 3. The highest BCUT2D eigenvalue weighted by molar-refractivity contribution is 7.80. The van der Waals surface area contributed by atoms with Crippen molar-refractivity contribution in [1.29, 1.82) is 0 Å². The Labute approximate surface area is 224 Å². The lowest BCUT2D eigenvalue weighted by atomic mass is 10.1. The molecule has 4 aromatic rings. The zero-order valence-corrected chi connectivity index (χ0v) is 21.6. The van der Waals surface area contributed by atoms with E-state index in [1.54, 1.807) is 30.3 Å². The number of unbranched alkanes of at least 4 members (excludes halogenated alkanes) is 1. The van der Waals surface area contributed by atoms with Gasteiger partial charge in [-0.05, 0) is 61.7 Å². The number of fused-ring (bicyclic) bond motifs is 3. The first-order valence-corrected chi connectivity index (χ1v) is 13.1. The normalized spacial score (nSPS) is 12.8. The van der Waals surface area contributed by atoms with Crippen LogP contribution in [0.1, 0.15) is 19.3 Å². The number of hydrogen-bond acceptors (Lipinski definition) is 5. The van der Waals surface area contributed by atoms with E-state index in [1.807, 2.05) is 18.2 Å². The third kappa shape index (κ3) is 6.34. The molecule has 3 N–H and O–H groups in total. The molecule has 0 saturated carbocycles. The molecule has 0 bridgehead atoms. The molecule has 2 unspecified atom stereocenters. The predicted molar refractivity (Wildman–Crippen MR) is 144 cm³/mol. The first kappa shape index (κ1) is 26.7. The highest BCUT2D eigenvalue weighted by atomic mass is 35.5. The van der Waals surface area contributed by atoms with E-state index in [0.29, 0.717) is 45.1 Å². The predicted octanol–water partition coefficient (Wildman–Crippen LogP) is 5.94. The molecule has 0 spiro atoms. The van der Waals surface area contributed by atoms with E-state index in [1.165, 1.54) is 12.1 Å². The Morgan fingerprint density at radius 3 is 2.49 bits per heavy atom. The van der Waals surface area contributed by atoms with Crippen molar-refractivity contribution in [2.75, 3.05) is 16.2 Å². The molecule has 37 heavy (non-hydrogen) atoms. The maximum atomic E-state index is 12.1. The average molecular weight is 563 g/mol. The van der Waals surface area contributed by atoms with E-state index in [0.717, 1.165) is 9.69 Å². The summed E-state index contributed by atoms with van der Waals surface area (Å²) in [7, 11) is 0. The number of anilines is 2. The number of carboxylic acids is 1. The number of nitrogens with one attached hydrogen (secondary N) is 2. The second kappa shape index (κ2) is 11.8. The van der Waals surface area contributed by atoms with Gasteiger partial charge >= 0.3 is 12.0 Å². The number of carbonyl (C=O) groups excluding carboxylic acids is 1. The first-order chi connectivity index (χ1) is 17.7. The van der Waals surface area contributed by atoms with Gasteiger partial charge in [0.15, 0.2) is 0 Å². The third-order valence-electron chi connectivity index (χ3n) is 5.71. The second-order valence-electron chi connectivity index (χ2n) is 8.18. The molecule has 0 aliphatic heterocycles. The first-order valence-electron chi connectivity index (χ1n) is 11.3. The Hall–Kier alpha value is -3.31. The standard InChI is InChI=1S/C25H23Cl2N3O6S/c26-19-10-8-15(13-20(19)27)29-25(33)28-12-4-3-6-21(24(31)32)30(37(34)35)16-9-11-23-18(14-16)17-5-1-2-7-22(17)36-23/h1-2,5,7-11,13-14,21H,3-4,6,12H2,(H,31,32)(H,34,35)(H2,28,29,33)/p-1. The van der Waals surface area contributed by atoms with E-state index in [2.05, 4.69) is 10.6 Å². The van der Waals surface area contributed by atoms with E-state index >= 15 is 0 Å². The zero-order valence-electron chi connectivity index (χ0n) is 19.3. The van der Waals surface area contributed by atoms with Gasteiger partial charge in [0.1, 0.15) is 17.2 Å². The van der Waals surface area contributed by atoms with Gasteiger partial charge in [-0.25, -0.2) is 9.59 Å². The summed E-state index contributed by atoms with van der Waals surface area (Å²) in [6, 6.07) is 15.0. The van der Waals surface area contributed by atoms with Gasteiger partial charge in [0.05, 0.1) is 15.7 Å². The Bertz CT molecular complexity index is 1480. The number of rotatable bonds is 10. The van der Waals surface area contributed by atoms with Crippen molar-refractivity contribution < 1.29 is 27.9 Å². The van der Waals surface area contributed by atoms with Crippen molar-refractivity contribution in [1.82, 2.24) is 5.32 Å². The summed E-state index contributed by atoms with van der Waals surface area (Å²) in [5.41, 5.74) is 1.90. The van der Waals surface area contributed by atoms with Gasteiger partial charge in [0, 0.05) is 34.3 Å². The molecule has 0 aliphatic carbocycles. The molecular formula is C25H22Cl2N3O6S-. The van der Waals surface area contributed by atoms with Crippen LogP contribution in [0.25, 0.3) is 21.9 Å². The quantitative estimate of drug-likeness (QED) is 0.162. The van der Waals surface area contributed by atoms with Gasteiger partial charge in [-0.3, -0.25) is 8.51 Å². The molecule has 2 amide bonds. The molecule has 2 atom stereocenters. The summed E-state index contributed by atoms with van der Waals surface area (Å²) < 4.78 is 30.9. The SMILES string of the molecule is O=C(NCCCCC(C(=O)O)N(c1ccc2oc3ccccc3c2c1)S(=O)[O-])Nc1ccc(Cl)c(Cl)c1. The topological polar surface area (TPSA) is 135 Å². The Morgan fingerprint density at radius 2 is 1.76 bits per heavy atom. The molecule has 0 aliphatic rings. The fourth-order valence-electron chi connectivity index (χ4n) is 3.98. The van der Waals surface area contributed by atoms with Crippen molar-refractivity contribution in [3.05, 3.63) is 70.7 Å². The van der Waals surface area contributed by atoms with Crippen LogP contribution in [0.5, 0.6) is 0 Å². The van der Waals surface area contributed by atoms with Gasteiger partial charge in [-0.15, -0.1) is 0 Å². The van der Waals surface area contributed by atoms with Crippen LogP contribution >= 0.6 is 23.2 Å². The number of amides is 2. The Morgan fingerprint density at radius 1 is 1.00 bits per heavy atom. The summed E-state index contributed by atoms with van der Waals surface area (Å²) in [4.78, 5) is 24.1. The average Bonchev–Trinajstić information content (AvgIpc) is 3.23. The number of para-hydroxylation sites is 1. The van der Waals surface area contributed by atoms with Gasteiger partial charge < -0.3 is 24.7 Å². The molecular weight excluding hydrogens is 541 g/mol. The number of carbonyl (C=O) groups is 2. The molecule has 0 saturated heterocycles. The van der Waals surface area contributed by atoms with Crippen molar-refractivity contribution in [3.63, 3.8) is 0 Å². The van der Waals surface area contributed by atoms with Gasteiger partial charge in [-0.1, -0.05) is 41.4 Å².